The fraction of sp³-hybridized carbons (Fsp3) is 0.500. The van der Waals surface area contributed by atoms with Gasteiger partial charge in [-0.05, 0) is 30.5 Å². The molecule has 1 fully saturated rings. The first-order chi connectivity index (χ1) is 12.6. The van der Waals surface area contributed by atoms with Crippen LogP contribution in [-0.4, -0.2) is 39.8 Å². The maximum atomic E-state index is 13.2. The van der Waals surface area contributed by atoms with Crippen molar-refractivity contribution in [1.29, 1.82) is 0 Å². The molecule has 26 heavy (non-hydrogen) atoms. The molecule has 0 saturated heterocycles. The second-order valence-electron chi connectivity index (χ2n) is 6.52. The molecule has 0 unspecified atom stereocenters. The summed E-state index contributed by atoms with van der Waals surface area (Å²) in [4.78, 5) is 13.9. The number of rotatable bonds is 7. The summed E-state index contributed by atoms with van der Waals surface area (Å²) in [5.74, 6) is -0.00927. The lowest BCUT2D eigenvalue weighted by Crippen LogP contribution is -2.27. The molecule has 1 amide bonds. The van der Waals surface area contributed by atoms with E-state index in [1.54, 1.807) is 18.0 Å². The molecule has 8 heteroatoms. The highest BCUT2D eigenvalue weighted by molar-refractivity contribution is 8.01. The molecule has 0 spiro atoms. The number of benzene rings is 1. The highest BCUT2D eigenvalue weighted by Crippen LogP contribution is 2.28. The van der Waals surface area contributed by atoms with Crippen LogP contribution in [0.3, 0.4) is 0 Å². The van der Waals surface area contributed by atoms with E-state index in [0.29, 0.717) is 18.3 Å². The number of anilines is 1. The molecule has 3 rings (SSSR count). The van der Waals surface area contributed by atoms with E-state index >= 15 is 0 Å². The molecule has 1 heterocycles. The lowest BCUT2D eigenvalue weighted by Gasteiger charge is -2.21. The first-order valence-electron chi connectivity index (χ1n) is 8.81. The third kappa shape index (κ3) is 5.67. The topological polar surface area (TPSA) is 58.1 Å². The predicted molar refractivity (Wildman–Crippen MR) is 104 cm³/mol. The standard InChI is InChI=1S/C18H23FN4OS2/c1-23(11-13-6-5-7-14(19)10-13)16(24)12-25-18-22-21-17(26-18)20-15-8-3-2-4-9-15/h5-7,10,15H,2-4,8-9,11-12H2,1H3,(H,20,21). The molecular weight excluding hydrogens is 371 g/mol. The van der Waals surface area contributed by atoms with Gasteiger partial charge in [0.1, 0.15) is 5.82 Å². The van der Waals surface area contributed by atoms with Gasteiger partial charge < -0.3 is 10.2 Å². The van der Waals surface area contributed by atoms with Gasteiger partial charge >= 0.3 is 0 Å². The van der Waals surface area contributed by atoms with Crippen LogP contribution >= 0.6 is 23.1 Å². The summed E-state index contributed by atoms with van der Waals surface area (Å²) in [5.41, 5.74) is 0.778. The number of carbonyl (C=O) groups is 1. The first kappa shape index (κ1) is 19.1. The Bertz CT molecular complexity index is 733. The molecule has 0 atom stereocenters. The van der Waals surface area contributed by atoms with Gasteiger partial charge in [-0.3, -0.25) is 4.79 Å². The minimum absolute atomic E-state index is 0.0174. The van der Waals surface area contributed by atoms with Crippen LogP contribution < -0.4 is 5.32 Å². The largest absolute Gasteiger partial charge is 0.357 e. The summed E-state index contributed by atoms with van der Waals surface area (Å²) < 4.78 is 14.0. The van der Waals surface area contributed by atoms with Crippen LogP contribution in [0.15, 0.2) is 28.6 Å². The quantitative estimate of drug-likeness (QED) is 0.714. The molecule has 1 saturated carbocycles. The number of hydrogen-bond acceptors (Lipinski definition) is 6. The number of halogens is 1. The van der Waals surface area contributed by atoms with Crippen molar-refractivity contribution in [2.45, 2.75) is 49.0 Å². The van der Waals surface area contributed by atoms with Crippen LogP contribution in [0.2, 0.25) is 0 Å². The van der Waals surface area contributed by atoms with E-state index in [1.165, 1.54) is 67.3 Å². The van der Waals surface area contributed by atoms with Crippen molar-refractivity contribution in [1.82, 2.24) is 15.1 Å². The van der Waals surface area contributed by atoms with E-state index in [-0.39, 0.29) is 11.7 Å². The van der Waals surface area contributed by atoms with Gasteiger partial charge in [-0.25, -0.2) is 4.39 Å². The molecule has 1 aromatic heterocycles. The molecule has 5 nitrogen and oxygen atoms in total. The van der Waals surface area contributed by atoms with Crippen molar-refractivity contribution in [3.8, 4) is 0 Å². The molecule has 2 aromatic rings. The summed E-state index contributed by atoms with van der Waals surface area (Å²) in [7, 11) is 1.73. The highest BCUT2D eigenvalue weighted by Gasteiger charge is 2.16. The van der Waals surface area contributed by atoms with Gasteiger partial charge in [-0.1, -0.05) is 54.5 Å². The monoisotopic (exact) mass is 394 g/mol. The zero-order valence-corrected chi connectivity index (χ0v) is 16.4. The fourth-order valence-electron chi connectivity index (χ4n) is 2.98. The summed E-state index contributed by atoms with van der Waals surface area (Å²) in [6, 6.07) is 6.81. The average molecular weight is 395 g/mol. The summed E-state index contributed by atoms with van der Waals surface area (Å²) in [6.07, 6.45) is 6.23. The zero-order chi connectivity index (χ0) is 18.4. The summed E-state index contributed by atoms with van der Waals surface area (Å²) in [5, 5.41) is 12.6. The van der Waals surface area contributed by atoms with Gasteiger partial charge in [0.25, 0.3) is 0 Å². The maximum absolute atomic E-state index is 13.2. The van der Waals surface area contributed by atoms with Crippen molar-refractivity contribution >= 4 is 34.1 Å². The number of amides is 1. The van der Waals surface area contributed by atoms with Crippen molar-refractivity contribution in [3.63, 3.8) is 0 Å². The lowest BCUT2D eigenvalue weighted by atomic mass is 9.96. The number of hydrogen-bond donors (Lipinski definition) is 1. The van der Waals surface area contributed by atoms with Gasteiger partial charge in [0.15, 0.2) is 4.34 Å². The van der Waals surface area contributed by atoms with Crippen molar-refractivity contribution in [2.75, 3.05) is 18.1 Å². The van der Waals surface area contributed by atoms with E-state index < -0.39 is 0 Å². The van der Waals surface area contributed by atoms with Gasteiger partial charge in [-0.2, -0.15) is 0 Å². The van der Waals surface area contributed by atoms with Crippen molar-refractivity contribution < 1.29 is 9.18 Å². The van der Waals surface area contributed by atoms with Crippen LogP contribution in [0.4, 0.5) is 9.52 Å². The second kappa shape index (κ2) is 9.32. The van der Waals surface area contributed by atoms with Gasteiger partial charge in [-0.15, -0.1) is 10.2 Å². The Morgan fingerprint density at radius 3 is 2.92 bits per heavy atom. The molecule has 0 radical (unpaired) electrons. The molecule has 140 valence electrons. The molecule has 1 aliphatic carbocycles. The van der Waals surface area contributed by atoms with Crippen LogP contribution in [0.1, 0.15) is 37.7 Å². The van der Waals surface area contributed by atoms with Crippen molar-refractivity contribution in [2.24, 2.45) is 0 Å². The third-order valence-corrected chi connectivity index (χ3v) is 6.37. The molecule has 1 aliphatic rings. The average Bonchev–Trinajstić information content (AvgIpc) is 3.08. The number of aromatic nitrogens is 2. The minimum atomic E-state index is -0.287. The first-order valence-corrected chi connectivity index (χ1v) is 10.6. The Hall–Kier alpha value is -1.67. The molecule has 1 aromatic carbocycles. The SMILES string of the molecule is CN(Cc1cccc(F)c1)C(=O)CSc1nnc(NC2CCCCC2)s1. The van der Waals surface area contributed by atoms with E-state index in [4.69, 9.17) is 0 Å². The Kier molecular flexibility index (Phi) is 6.85. The van der Waals surface area contributed by atoms with Crippen LogP contribution in [0, 0.1) is 5.82 Å². The Morgan fingerprint density at radius 1 is 1.35 bits per heavy atom. The molecule has 1 N–H and O–H groups in total. The number of nitrogens with zero attached hydrogens (tertiary/aromatic N) is 3. The smallest absolute Gasteiger partial charge is 0.233 e. The Labute approximate surface area is 161 Å². The highest BCUT2D eigenvalue weighted by atomic mass is 32.2. The summed E-state index contributed by atoms with van der Waals surface area (Å²) >= 11 is 2.89. The van der Waals surface area contributed by atoms with E-state index in [9.17, 15) is 9.18 Å². The maximum Gasteiger partial charge on any atom is 0.233 e. The van der Waals surface area contributed by atoms with Crippen LogP contribution in [0.25, 0.3) is 0 Å². The molecular formula is C18H23FN4OS2. The number of thioether (sulfide) groups is 1. The van der Waals surface area contributed by atoms with E-state index in [0.717, 1.165) is 15.0 Å². The number of nitrogens with one attached hydrogen (secondary N) is 1. The Morgan fingerprint density at radius 2 is 2.15 bits per heavy atom. The fourth-order valence-corrected chi connectivity index (χ4v) is 4.75. The molecule has 0 aliphatic heterocycles. The lowest BCUT2D eigenvalue weighted by molar-refractivity contribution is -0.127. The van der Waals surface area contributed by atoms with Crippen LogP contribution in [0.5, 0.6) is 0 Å². The summed E-state index contributed by atoms with van der Waals surface area (Å²) in [6.45, 7) is 0.391. The van der Waals surface area contributed by atoms with Crippen molar-refractivity contribution in [3.05, 3.63) is 35.6 Å². The predicted octanol–water partition coefficient (Wildman–Crippen LogP) is 4.17. The van der Waals surface area contributed by atoms with Gasteiger partial charge in [0.2, 0.25) is 11.0 Å². The normalized spacial score (nSPS) is 15.0. The van der Waals surface area contributed by atoms with Gasteiger partial charge in [0, 0.05) is 19.6 Å². The third-order valence-electron chi connectivity index (χ3n) is 4.39. The van der Waals surface area contributed by atoms with Gasteiger partial charge in [0.05, 0.1) is 5.75 Å². The minimum Gasteiger partial charge on any atom is -0.357 e. The Balaban J connectivity index is 1.45. The van der Waals surface area contributed by atoms with E-state index in [1.807, 2.05) is 6.07 Å². The van der Waals surface area contributed by atoms with Crippen LogP contribution in [-0.2, 0) is 11.3 Å². The zero-order valence-electron chi connectivity index (χ0n) is 14.8. The molecule has 0 bridgehead atoms. The second-order valence-corrected chi connectivity index (χ2v) is 8.72. The van der Waals surface area contributed by atoms with E-state index in [2.05, 4.69) is 15.5 Å². The number of carbonyl (C=O) groups excluding carboxylic acids is 1.